The molecule has 1 aromatic rings. The minimum absolute atomic E-state index is 0.0428. The first-order valence-corrected chi connectivity index (χ1v) is 4.18. The van der Waals surface area contributed by atoms with Crippen LogP contribution < -0.4 is 9.47 Å². The fraction of sp³-hybridized carbons (Fsp3) is 0.300. The number of phenolic OH excluding ortho intramolecular Hbond substituents is 1. The van der Waals surface area contributed by atoms with Crippen LogP contribution in [0.4, 0.5) is 0 Å². The molecule has 0 bridgehead atoms. The molecule has 0 saturated carbocycles. The van der Waals surface area contributed by atoms with E-state index in [1.54, 1.807) is 0 Å². The summed E-state index contributed by atoms with van der Waals surface area (Å²) >= 11 is 0. The van der Waals surface area contributed by atoms with Gasteiger partial charge in [-0.1, -0.05) is 0 Å². The molecule has 1 aromatic carbocycles. The Kier molecular flexibility index (Phi) is 3.38. The Labute approximate surface area is 87.2 Å². The van der Waals surface area contributed by atoms with E-state index in [1.807, 2.05) is 0 Å². The molecule has 0 aromatic heterocycles. The molecule has 82 valence electrons. The molecule has 0 saturated heterocycles. The van der Waals surface area contributed by atoms with Crippen LogP contribution in [0.5, 0.6) is 17.2 Å². The highest BCUT2D eigenvalue weighted by molar-refractivity contribution is 5.96. The quantitative estimate of drug-likeness (QED) is 0.762. The van der Waals surface area contributed by atoms with Crippen molar-refractivity contribution >= 4 is 5.97 Å². The van der Waals surface area contributed by atoms with Gasteiger partial charge in [0.05, 0.1) is 21.3 Å². The number of hydrogen-bond donors (Lipinski definition) is 1. The zero-order chi connectivity index (χ0) is 11.4. The monoisotopic (exact) mass is 212 g/mol. The van der Waals surface area contributed by atoms with E-state index >= 15 is 0 Å². The predicted molar refractivity (Wildman–Crippen MR) is 52.6 cm³/mol. The minimum atomic E-state index is -0.625. The molecule has 0 unspecified atom stereocenters. The van der Waals surface area contributed by atoms with Crippen molar-refractivity contribution in [2.75, 3.05) is 21.3 Å². The summed E-state index contributed by atoms with van der Waals surface area (Å²) < 4.78 is 14.5. The van der Waals surface area contributed by atoms with E-state index in [1.165, 1.54) is 33.5 Å². The van der Waals surface area contributed by atoms with Crippen LogP contribution in [0.15, 0.2) is 12.1 Å². The van der Waals surface area contributed by atoms with Crippen molar-refractivity contribution in [2.45, 2.75) is 0 Å². The van der Waals surface area contributed by atoms with Crippen LogP contribution in [0.1, 0.15) is 10.4 Å². The first kappa shape index (κ1) is 11.2. The number of aromatic hydroxyl groups is 1. The molecule has 0 atom stereocenters. The number of methoxy groups -OCH3 is 3. The molecule has 0 aliphatic carbocycles. The van der Waals surface area contributed by atoms with Gasteiger partial charge in [-0.2, -0.15) is 0 Å². The number of benzene rings is 1. The zero-order valence-electron chi connectivity index (χ0n) is 8.73. The van der Waals surface area contributed by atoms with Gasteiger partial charge in [-0.05, 0) is 12.1 Å². The van der Waals surface area contributed by atoms with Gasteiger partial charge < -0.3 is 19.3 Å². The van der Waals surface area contributed by atoms with Gasteiger partial charge in [-0.15, -0.1) is 0 Å². The first-order chi connectivity index (χ1) is 7.15. The molecule has 0 aliphatic rings. The Hall–Kier alpha value is -1.91. The van der Waals surface area contributed by atoms with Crippen molar-refractivity contribution in [3.8, 4) is 17.2 Å². The molecule has 0 heterocycles. The van der Waals surface area contributed by atoms with Gasteiger partial charge in [0.15, 0.2) is 11.5 Å². The molecular formula is C10H12O5. The van der Waals surface area contributed by atoms with Crippen molar-refractivity contribution in [3.05, 3.63) is 17.7 Å². The maximum absolute atomic E-state index is 11.4. The van der Waals surface area contributed by atoms with Gasteiger partial charge in [0.2, 0.25) is 0 Å². The van der Waals surface area contributed by atoms with E-state index in [4.69, 9.17) is 9.47 Å². The van der Waals surface area contributed by atoms with Crippen molar-refractivity contribution in [2.24, 2.45) is 0 Å². The number of carbonyl (C=O) groups is 1. The third-order valence-electron chi connectivity index (χ3n) is 1.91. The molecule has 0 amide bonds. The molecule has 0 fully saturated rings. The van der Waals surface area contributed by atoms with E-state index in [0.717, 1.165) is 0 Å². The van der Waals surface area contributed by atoms with Gasteiger partial charge >= 0.3 is 5.97 Å². The number of ether oxygens (including phenoxy) is 3. The maximum Gasteiger partial charge on any atom is 0.345 e. The van der Waals surface area contributed by atoms with Crippen LogP contribution >= 0.6 is 0 Å². The van der Waals surface area contributed by atoms with E-state index in [-0.39, 0.29) is 22.8 Å². The van der Waals surface area contributed by atoms with Gasteiger partial charge in [-0.25, -0.2) is 4.79 Å². The third-order valence-corrected chi connectivity index (χ3v) is 1.91. The van der Waals surface area contributed by atoms with Crippen molar-refractivity contribution < 1.29 is 24.1 Å². The number of carbonyl (C=O) groups excluding carboxylic acids is 1. The van der Waals surface area contributed by atoms with Crippen molar-refractivity contribution in [1.82, 2.24) is 0 Å². The molecule has 1 rings (SSSR count). The normalized spacial score (nSPS) is 9.53. The van der Waals surface area contributed by atoms with Gasteiger partial charge in [0.1, 0.15) is 11.3 Å². The van der Waals surface area contributed by atoms with Gasteiger partial charge in [-0.3, -0.25) is 0 Å². The van der Waals surface area contributed by atoms with Crippen LogP contribution in [0, 0.1) is 0 Å². The largest absolute Gasteiger partial charge is 0.504 e. The Morgan fingerprint density at radius 1 is 1.20 bits per heavy atom. The maximum atomic E-state index is 11.4. The zero-order valence-corrected chi connectivity index (χ0v) is 8.73. The lowest BCUT2D eigenvalue weighted by atomic mass is 10.1. The van der Waals surface area contributed by atoms with E-state index < -0.39 is 5.97 Å². The van der Waals surface area contributed by atoms with Crippen LogP contribution in [-0.2, 0) is 4.74 Å². The molecule has 5 heteroatoms. The molecule has 0 radical (unpaired) electrons. The number of hydrogen-bond acceptors (Lipinski definition) is 5. The lowest BCUT2D eigenvalue weighted by Gasteiger charge is -2.12. The highest BCUT2D eigenvalue weighted by atomic mass is 16.5. The molecule has 0 aliphatic heterocycles. The lowest BCUT2D eigenvalue weighted by molar-refractivity contribution is 0.0592. The molecule has 15 heavy (non-hydrogen) atoms. The summed E-state index contributed by atoms with van der Waals surface area (Å²) in [6.45, 7) is 0. The van der Waals surface area contributed by atoms with Crippen LogP contribution in [-0.4, -0.2) is 32.4 Å². The Balaban J connectivity index is 3.40. The van der Waals surface area contributed by atoms with Crippen LogP contribution in [0.3, 0.4) is 0 Å². The second-order valence-electron chi connectivity index (χ2n) is 2.69. The second kappa shape index (κ2) is 4.54. The van der Waals surface area contributed by atoms with E-state index in [2.05, 4.69) is 4.74 Å². The number of rotatable bonds is 3. The van der Waals surface area contributed by atoms with Gasteiger partial charge in [0.25, 0.3) is 0 Å². The fourth-order valence-electron chi connectivity index (χ4n) is 1.23. The average molecular weight is 212 g/mol. The number of esters is 1. The summed E-state index contributed by atoms with van der Waals surface area (Å²) in [4.78, 5) is 11.4. The first-order valence-electron chi connectivity index (χ1n) is 4.18. The summed E-state index contributed by atoms with van der Waals surface area (Å²) in [5.41, 5.74) is 0.0718. The lowest BCUT2D eigenvalue weighted by Crippen LogP contribution is -2.06. The average Bonchev–Trinajstić information content (AvgIpc) is 2.27. The second-order valence-corrected chi connectivity index (χ2v) is 2.69. The van der Waals surface area contributed by atoms with Crippen molar-refractivity contribution in [1.29, 1.82) is 0 Å². The standard InChI is InChI=1S/C10H12O5/c1-13-7-5-4-6(11)9(14-2)8(7)10(12)15-3/h4-5,11H,1-3H3. The summed E-state index contributed by atoms with van der Waals surface area (Å²) in [7, 11) is 4.00. The van der Waals surface area contributed by atoms with E-state index in [0.29, 0.717) is 0 Å². The van der Waals surface area contributed by atoms with E-state index in [9.17, 15) is 9.90 Å². The fourth-order valence-corrected chi connectivity index (χ4v) is 1.23. The number of phenols is 1. The summed E-state index contributed by atoms with van der Waals surface area (Å²) in [6, 6.07) is 2.84. The van der Waals surface area contributed by atoms with Crippen LogP contribution in [0.25, 0.3) is 0 Å². The molecular weight excluding hydrogens is 200 g/mol. The van der Waals surface area contributed by atoms with Crippen molar-refractivity contribution in [3.63, 3.8) is 0 Å². The molecule has 0 spiro atoms. The van der Waals surface area contributed by atoms with Crippen LogP contribution in [0.2, 0.25) is 0 Å². The topological polar surface area (TPSA) is 65.0 Å². The smallest absolute Gasteiger partial charge is 0.345 e. The highest BCUT2D eigenvalue weighted by Crippen LogP contribution is 2.36. The third kappa shape index (κ3) is 1.96. The minimum Gasteiger partial charge on any atom is -0.504 e. The Bertz CT molecular complexity index is 372. The SMILES string of the molecule is COC(=O)c1c(OC)ccc(O)c1OC. The summed E-state index contributed by atoms with van der Waals surface area (Å²) in [5.74, 6) is -0.434. The summed E-state index contributed by atoms with van der Waals surface area (Å²) in [6.07, 6.45) is 0. The highest BCUT2D eigenvalue weighted by Gasteiger charge is 2.21. The Morgan fingerprint density at radius 2 is 1.87 bits per heavy atom. The molecule has 1 N–H and O–H groups in total. The molecule has 5 nitrogen and oxygen atoms in total. The summed E-state index contributed by atoms with van der Waals surface area (Å²) in [5, 5.41) is 9.47. The predicted octanol–water partition coefficient (Wildman–Crippen LogP) is 1.20. The Morgan fingerprint density at radius 3 is 2.33 bits per heavy atom. The van der Waals surface area contributed by atoms with Gasteiger partial charge in [0, 0.05) is 0 Å².